The Kier molecular flexibility index (Phi) is 8.43. The van der Waals surface area contributed by atoms with Gasteiger partial charge in [0, 0.05) is 34.6 Å². The second kappa shape index (κ2) is 12.1. The number of methoxy groups -OCH3 is 1. The van der Waals surface area contributed by atoms with E-state index in [1.54, 1.807) is 7.11 Å². The molecule has 0 N–H and O–H groups in total. The van der Waals surface area contributed by atoms with Crippen molar-refractivity contribution in [2.75, 3.05) is 66.4 Å². The fraction of sp³-hybridized carbons (Fsp3) is 0.452. The molecule has 2 heterocycles. The monoisotopic (exact) mass is 533 g/mol. The molecule has 0 saturated heterocycles. The van der Waals surface area contributed by atoms with E-state index in [9.17, 15) is 0 Å². The van der Waals surface area contributed by atoms with Crippen LogP contribution in [0.2, 0.25) is 0 Å². The van der Waals surface area contributed by atoms with Gasteiger partial charge in [0.15, 0.2) is 23.0 Å². The molecule has 8 nitrogen and oxygen atoms in total. The smallest absolute Gasteiger partial charge is 0.231 e. The van der Waals surface area contributed by atoms with Crippen LogP contribution in [0.4, 0.5) is 0 Å². The number of rotatable bonds is 13. The summed E-state index contributed by atoms with van der Waals surface area (Å²) in [6.07, 6.45) is 0. The molecule has 0 spiro atoms. The highest BCUT2D eigenvalue weighted by Crippen LogP contribution is 2.43. The fourth-order valence-electron chi connectivity index (χ4n) is 5.18. The van der Waals surface area contributed by atoms with Crippen LogP contribution in [0, 0.1) is 0 Å². The van der Waals surface area contributed by atoms with E-state index in [1.165, 1.54) is 0 Å². The topological polar surface area (TPSA) is 65.5 Å². The predicted octanol–water partition coefficient (Wildman–Crippen LogP) is 5.72. The molecule has 0 bridgehead atoms. The Morgan fingerprint density at radius 3 is 2.03 bits per heavy atom. The van der Waals surface area contributed by atoms with Gasteiger partial charge in [-0.05, 0) is 55.8 Å². The minimum atomic E-state index is 0.230. The van der Waals surface area contributed by atoms with E-state index in [0.717, 1.165) is 83.2 Å². The first kappa shape index (κ1) is 27.1. The van der Waals surface area contributed by atoms with Crippen molar-refractivity contribution >= 4 is 32.4 Å². The van der Waals surface area contributed by atoms with Gasteiger partial charge in [-0.1, -0.05) is 39.8 Å². The van der Waals surface area contributed by atoms with Crippen LogP contribution < -0.4 is 23.7 Å². The second-order valence-corrected chi connectivity index (χ2v) is 9.60. The molecule has 4 aromatic rings. The summed E-state index contributed by atoms with van der Waals surface area (Å²) < 4.78 is 29.7. The molecule has 3 aromatic carbocycles. The van der Waals surface area contributed by atoms with Crippen LogP contribution >= 0.6 is 0 Å². The molecule has 0 amide bonds. The lowest BCUT2D eigenvalue weighted by atomic mass is 10.0. The lowest BCUT2D eigenvalue weighted by molar-refractivity contribution is 0.174. The van der Waals surface area contributed by atoms with Crippen LogP contribution in [0.3, 0.4) is 0 Å². The van der Waals surface area contributed by atoms with Crippen LogP contribution in [-0.2, 0) is 0 Å². The Morgan fingerprint density at radius 1 is 0.718 bits per heavy atom. The lowest BCUT2D eigenvalue weighted by Gasteiger charge is -2.20. The summed E-state index contributed by atoms with van der Waals surface area (Å²) in [5.41, 5.74) is 0.857. The zero-order chi connectivity index (χ0) is 27.4. The largest absolute Gasteiger partial charge is 0.493 e. The maximum atomic E-state index is 6.37. The normalized spacial score (nSPS) is 12.8. The summed E-state index contributed by atoms with van der Waals surface area (Å²) in [7, 11) is 1.67. The summed E-state index contributed by atoms with van der Waals surface area (Å²) in [6, 6.07) is 12.3. The number of aromatic nitrogens is 1. The van der Waals surface area contributed by atoms with E-state index in [4.69, 9.17) is 28.7 Å². The van der Waals surface area contributed by atoms with Crippen molar-refractivity contribution in [2.24, 2.45) is 0 Å². The van der Waals surface area contributed by atoms with Gasteiger partial charge in [-0.15, -0.1) is 0 Å². The van der Waals surface area contributed by atoms with E-state index in [1.807, 2.05) is 18.2 Å². The lowest BCUT2D eigenvalue weighted by Crippen LogP contribution is -2.28. The molecule has 0 fully saturated rings. The van der Waals surface area contributed by atoms with Crippen molar-refractivity contribution in [2.45, 2.75) is 27.7 Å². The molecule has 5 rings (SSSR count). The van der Waals surface area contributed by atoms with Crippen LogP contribution in [-0.4, -0.2) is 81.2 Å². The van der Waals surface area contributed by atoms with E-state index in [-0.39, 0.29) is 6.79 Å². The first-order valence-corrected chi connectivity index (χ1v) is 14.0. The first-order valence-electron chi connectivity index (χ1n) is 14.0. The van der Waals surface area contributed by atoms with Crippen molar-refractivity contribution in [3.63, 3.8) is 0 Å². The quantitative estimate of drug-likeness (QED) is 0.202. The number of benzene rings is 3. The highest BCUT2D eigenvalue weighted by Gasteiger charge is 2.20. The van der Waals surface area contributed by atoms with Gasteiger partial charge >= 0.3 is 0 Å². The average molecular weight is 534 g/mol. The third-order valence-corrected chi connectivity index (χ3v) is 7.62. The second-order valence-electron chi connectivity index (χ2n) is 9.60. The SMILES string of the molecule is CCN(CC)CCOc1cc2c(cc1OC)c(OCCN(CC)CC)nc1c3cc4c(cc3ccc21)OCO4. The summed E-state index contributed by atoms with van der Waals surface area (Å²) in [6.45, 7) is 15.6. The zero-order valence-electron chi connectivity index (χ0n) is 23.7. The van der Waals surface area contributed by atoms with Crippen molar-refractivity contribution in [3.05, 3.63) is 36.4 Å². The average Bonchev–Trinajstić information content (AvgIpc) is 3.43. The minimum Gasteiger partial charge on any atom is -0.493 e. The Labute approximate surface area is 230 Å². The van der Waals surface area contributed by atoms with Crippen LogP contribution in [0.15, 0.2) is 36.4 Å². The van der Waals surface area contributed by atoms with Gasteiger partial charge in [-0.25, -0.2) is 4.98 Å². The number of ether oxygens (including phenoxy) is 5. The molecule has 208 valence electrons. The molecule has 8 heteroatoms. The number of hydrogen-bond donors (Lipinski definition) is 0. The van der Waals surface area contributed by atoms with Crippen LogP contribution in [0.1, 0.15) is 27.7 Å². The molecular formula is C31H39N3O5. The standard InChI is InChI=1S/C31H39N3O5/c1-6-33(7-2)12-14-36-28-18-24-22-11-10-21-16-27-29(39-20-38-27)17-23(21)30(22)32-31(25(24)19-26(28)35-5)37-15-13-34(8-3)9-4/h10-11,16-19H,6-9,12-15,20H2,1-5H3. The maximum absolute atomic E-state index is 6.37. The van der Waals surface area contributed by atoms with Gasteiger partial charge in [0.1, 0.15) is 13.2 Å². The van der Waals surface area contributed by atoms with E-state index < -0.39 is 0 Å². The Morgan fingerprint density at radius 2 is 1.36 bits per heavy atom. The zero-order valence-corrected chi connectivity index (χ0v) is 23.7. The van der Waals surface area contributed by atoms with E-state index in [0.29, 0.717) is 30.6 Å². The van der Waals surface area contributed by atoms with E-state index in [2.05, 4.69) is 55.7 Å². The molecule has 1 aromatic heterocycles. The number of nitrogens with zero attached hydrogens (tertiary/aromatic N) is 3. The Hall–Kier alpha value is -3.49. The van der Waals surface area contributed by atoms with Gasteiger partial charge in [0.05, 0.1) is 12.6 Å². The molecule has 0 saturated carbocycles. The highest BCUT2D eigenvalue weighted by molar-refractivity contribution is 6.17. The van der Waals surface area contributed by atoms with Gasteiger partial charge in [-0.2, -0.15) is 0 Å². The molecule has 0 atom stereocenters. The number of fused-ring (bicyclic) bond motifs is 6. The fourth-order valence-corrected chi connectivity index (χ4v) is 5.18. The van der Waals surface area contributed by atoms with Gasteiger partial charge in [-0.3, -0.25) is 0 Å². The van der Waals surface area contributed by atoms with E-state index >= 15 is 0 Å². The molecule has 1 aliphatic heterocycles. The van der Waals surface area contributed by atoms with Crippen LogP contribution in [0.5, 0.6) is 28.9 Å². The predicted molar refractivity (Wildman–Crippen MR) is 156 cm³/mol. The van der Waals surface area contributed by atoms with Crippen molar-refractivity contribution in [1.29, 1.82) is 0 Å². The Bertz CT molecular complexity index is 1450. The highest BCUT2D eigenvalue weighted by atomic mass is 16.7. The molecular weight excluding hydrogens is 494 g/mol. The molecule has 39 heavy (non-hydrogen) atoms. The summed E-state index contributed by atoms with van der Waals surface area (Å²) in [4.78, 5) is 9.75. The maximum Gasteiger partial charge on any atom is 0.231 e. The number of pyridine rings is 1. The van der Waals surface area contributed by atoms with Gasteiger partial charge < -0.3 is 33.5 Å². The third-order valence-electron chi connectivity index (χ3n) is 7.62. The number of likely N-dealkylation sites (N-methyl/N-ethyl adjacent to an activating group) is 2. The van der Waals surface area contributed by atoms with Crippen molar-refractivity contribution < 1.29 is 23.7 Å². The van der Waals surface area contributed by atoms with Crippen molar-refractivity contribution in [1.82, 2.24) is 14.8 Å². The molecule has 1 aliphatic rings. The molecule has 0 aliphatic carbocycles. The summed E-state index contributed by atoms with van der Waals surface area (Å²) in [5.74, 6) is 3.45. The van der Waals surface area contributed by atoms with Crippen LogP contribution in [0.25, 0.3) is 32.4 Å². The summed E-state index contributed by atoms with van der Waals surface area (Å²) in [5, 5.41) is 4.96. The minimum absolute atomic E-state index is 0.230. The first-order chi connectivity index (χ1) is 19.1. The number of hydrogen-bond acceptors (Lipinski definition) is 8. The summed E-state index contributed by atoms with van der Waals surface area (Å²) >= 11 is 0. The Balaban J connectivity index is 1.63. The molecule has 0 unspecified atom stereocenters. The van der Waals surface area contributed by atoms with Gasteiger partial charge in [0.2, 0.25) is 12.7 Å². The van der Waals surface area contributed by atoms with Gasteiger partial charge in [0.25, 0.3) is 0 Å². The third kappa shape index (κ3) is 5.49. The molecule has 0 radical (unpaired) electrons. The van der Waals surface area contributed by atoms with Crippen molar-refractivity contribution in [3.8, 4) is 28.9 Å².